The molecule has 2 N–H and O–H groups in total. The number of nitrogens with one attached hydrogen (secondary N) is 2. The molecule has 2 aromatic heterocycles. The molecule has 0 aliphatic heterocycles. The van der Waals surface area contributed by atoms with Crippen molar-refractivity contribution in [3.8, 4) is 5.75 Å². The number of aromatic nitrogens is 2. The number of nitrogens with zero attached hydrogens (tertiary/aromatic N) is 2. The number of carbonyl (C=O) groups excluding carboxylic acids is 1. The smallest absolute Gasteiger partial charge is 0.261 e. The van der Waals surface area contributed by atoms with Crippen LogP contribution in [0.2, 0.25) is 0 Å². The van der Waals surface area contributed by atoms with Gasteiger partial charge >= 0.3 is 0 Å². The normalized spacial score (nSPS) is 12.0. The highest BCUT2D eigenvalue weighted by Gasteiger charge is 2.20. The lowest BCUT2D eigenvalue weighted by molar-refractivity contribution is 0.0943. The van der Waals surface area contributed by atoms with Crippen molar-refractivity contribution in [3.05, 3.63) is 46.6 Å². The molecule has 0 aliphatic rings. The van der Waals surface area contributed by atoms with Crippen LogP contribution in [0.15, 0.2) is 30.6 Å². The first kappa shape index (κ1) is 20.1. The average molecular weight is 399 g/mol. The summed E-state index contributed by atoms with van der Waals surface area (Å²) in [6.07, 6.45) is 3.30. The Balaban J connectivity index is 1.75. The Labute approximate surface area is 169 Å². The topological polar surface area (TPSA) is 76.1 Å². The number of thiophene rings is 1. The van der Waals surface area contributed by atoms with Gasteiger partial charge in [-0.1, -0.05) is 19.1 Å². The maximum Gasteiger partial charge on any atom is 0.261 e. The Morgan fingerprint density at radius 3 is 2.68 bits per heavy atom. The molecule has 6 nitrogen and oxygen atoms in total. The first-order valence-corrected chi connectivity index (χ1v) is 10.3. The van der Waals surface area contributed by atoms with E-state index in [4.69, 9.17) is 4.74 Å². The Kier molecular flexibility index (Phi) is 6.46. The van der Waals surface area contributed by atoms with Crippen molar-refractivity contribution in [2.45, 2.75) is 39.7 Å². The molecule has 3 aromatic rings. The van der Waals surface area contributed by atoms with Gasteiger partial charge in [0.2, 0.25) is 0 Å². The Bertz CT molecular complexity index is 953. The molecular formula is C21H26N4O2S. The van der Waals surface area contributed by atoms with E-state index in [0.717, 1.165) is 46.7 Å². The molecule has 1 atom stereocenters. The highest BCUT2D eigenvalue weighted by molar-refractivity contribution is 7.20. The summed E-state index contributed by atoms with van der Waals surface area (Å²) < 4.78 is 5.19. The summed E-state index contributed by atoms with van der Waals surface area (Å²) in [5.74, 6) is 1.58. The van der Waals surface area contributed by atoms with Crippen molar-refractivity contribution < 1.29 is 9.53 Å². The summed E-state index contributed by atoms with van der Waals surface area (Å²) in [6, 6.07) is 8.18. The number of benzene rings is 1. The summed E-state index contributed by atoms with van der Waals surface area (Å²) in [4.78, 5) is 22.9. The predicted molar refractivity (Wildman–Crippen MR) is 115 cm³/mol. The molecular weight excluding hydrogens is 372 g/mol. The standard InChI is InChI=1S/C21H26N4O2S/c1-5-13(2)25-20(26)18-14(3)17-19(23-12-24-21(17)28-18)22-11-10-15-6-8-16(27-4)9-7-15/h6-9,12-13H,5,10-11H2,1-4H3,(H,25,26)(H,22,23,24)/t13-/m1/s1. The van der Waals surface area contributed by atoms with Crippen molar-refractivity contribution in [3.63, 3.8) is 0 Å². The molecule has 0 saturated heterocycles. The van der Waals surface area contributed by atoms with E-state index < -0.39 is 0 Å². The largest absolute Gasteiger partial charge is 0.497 e. The van der Waals surface area contributed by atoms with Crippen LogP contribution in [-0.4, -0.2) is 35.6 Å². The summed E-state index contributed by atoms with van der Waals surface area (Å²) in [5, 5.41) is 7.36. The second kappa shape index (κ2) is 9.01. The SMILES string of the molecule is CC[C@@H](C)NC(=O)c1sc2ncnc(NCCc3ccc(OC)cc3)c2c1C. The van der Waals surface area contributed by atoms with E-state index in [1.165, 1.54) is 16.9 Å². The van der Waals surface area contributed by atoms with E-state index >= 15 is 0 Å². The van der Waals surface area contributed by atoms with Gasteiger partial charge in [-0.05, 0) is 49.9 Å². The zero-order chi connectivity index (χ0) is 20.1. The van der Waals surface area contributed by atoms with Gasteiger partial charge < -0.3 is 15.4 Å². The minimum absolute atomic E-state index is 0.0426. The van der Waals surface area contributed by atoms with E-state index in [-0.39, 0.29) is 11.9 Å². The minimum Gasteiger partial charge on any atom is -0.497 e. The molecule has 28 heavy (non-hydrogen) atoms. The molecule has 1 aromatic carbocycles. The molecule has 1 amide bonds. The number of anilines is 1. The number of methoxy groups -OCH3 is 1. The van der Waals surface area contributed by atoms with Crippen LogP contribution < -0.4 is 15.4 Å². The summed E-state index contributed by atoms with van der Waals surface area (Å²) >= 11 is 1.42. The molecule has 0 unspecified atom stereocenters. The van der Waals surface area contributed by atoms with E-state index in [1.807, 2.05) is 26.0 Å². The van der Waals surface area contributed by atoms with Gasteiger partial charge in [0.15, 0.2) is 0 Å². The molecule has 0 aliphatic carbocycles. The van der Waals surface area contributed by atoms with Crippen LogP contribution in [-0.2, 0) is 6.42 Å². The van der Waals surface area contributed by atoms with Crippen molar-refractivity contribution in [1.82, 2.24) is 15.3 Å². The third-order valence-corrected chi connectivity index (χ3v) is 5.99. The van der Waals surface area contributed by atoms with Crippen molar-refractivity contribution in [1.29, 1.82) is 0 Å². The monoisotopic (exact) mass is 398 g/mol. The third-order valence-electron chi connectivity index (χ3n) is 4.79. The number of rotatable bonds is 8. The fourth-order valence-electron chi connectivity index (χ4n) is 2.93. The maximum atomic E-state index is 12.6. The number of carbonyl (C=O) groups is 1. The molecule has 0 spiro atoms. The van der Waals surface area contributed by atoms with Crippen molar-refractivity contribution in [2.75, 3.05) is 19.0 Å². The fraction of sp³-hybridized carbons (Fsp3) is 0.381. The Morgan fingerprint density at radius 2 is 2.00 bits per heavy atom. The fourth-order valence-corrected chi connectivity index (χ4v) is 3.98. The van der Waals surface area contributed by atoms with Crippen molar-refractivity contribution >= 4 is 33.3 Å². The van der Waals surface area contributed by atoms with Crippen LogP contribution in [0.4, 0.5) is 5.82 Å². The van der Waals surface area contributed by atoms with Crippen molar-refractivity contribution in [2.24, 2.45) is 0 Å². The van der Waals surface area contributed by atoms with Gasteiger partial charge in [0.1, 0.15) is 22.7 Å². The van der Waals surface area contributed by atoms with Gasteiger partial charge in [0.25, 0.3) is 5.91 Å². The number of aryl methyl sites for hydroxylation is 1. The van der Waals surface area contributed by atoms with Crippen LogP contribution in [0.3, 0.4) is 0 Å². The number of hydrogen-bond acceptors (Lipinski definition) is 6. The number of ether oxygens (including phenoxy) is 1. The maximum absolute atomic E-state index is 12.6. The van der Waals surface area contributed by atoms with Gasteiger partial charge in [-0.15, -0.1) is 11.3 Å². The van der Waals surface area contributed by atoms with E-state index in [9.17, 15) is 4.79 Å². The minimum atomic E-state index is -0.0426. The predicted octanol–water partition coefficient (Wildman–Crippen LogP) is 4.19. The Morgan fingerprint density at radius 1 is 1.25 bits per heavy atom. The summed E-state index contributed by atoms with van der Waals surface area (Å²) in [6.45, 7) is 6.76. The second-order valence-electron chi connectivity index (χ2n) is 6.77. The first-order chi connectivity index (χ1) is 13.5. The quantitative estimate of drug-likeness (QED) is 0.595. The zero-order valence-electron chi connectivity index (χ0n) is 16.7. The Hall–Kier alpha value is -2.67. The zero-order valence-corrected chi connectivity index (χ0v) is 17.5. The summed E-state index contributed by atoms with van der Waals surface area (Å²) in [5.41, 5.74) is 2.14. The van der Waals surface area contributed by atoms with E-state index in [0.29, 0.717) is 4.88 Å². The van der Waals surface area contributed by atoms with E-state index in [1.54, 1.807) is 13.4 Å². The number of fused-ring (bicyclic) bond motifs is 1. The molecule has 0 saturated carbocycles. The lowest BCUT2D eigenvalue weighted by Crippen LogP contribution is -2.31. The highest BCUT2D eigenvalue weighted by atomic mass is 32.1. The third kappa shape index (κ3) is 4.42. The number of hydrogen-bond donors (Lipinski definition) is 2. The van der Waals surface area contributed by atoms with Gasteiger partial charge in [-0.2, -0.15) is 0 Å². The van der Waals surface area contributed by atoms with Crippen LogP contribution in [0.1, 0.15) is 41.1 Å². The van der Waals surface area contributed by atoms with Crippen LogP contribution in [0.25, 0.3) is 10.2 Å². The molecule has 0 radical (unpaired) electrons. The first-order valence-electron chi connectivity index (χ1n) is 9.45. The molecule has 0 fully saturated rings. The van der Waals surface area contributed by atoms with Crippen LogP contribution >= 0.6 is 11.3 Å². The van der Waals surface area contributed by atoms with Gasteiger partial charge in [0.05, 0.1) is 17.4 Å². The average Bonchev–Trinajstić information content (AvgIpc) is 3.06. The number of amides is 1. The van der Waals surface area contributed by atoms with Crippen LogP contribution in [0.5, 0.6) is 5.75 Å². The highest BCUT2D eigenvalue weighted by Crippen LogP contribution is 2.33. The van der Waals surface area contributed by atoms with Gasteiger partial charge in [-0.25, -0.2) is 9.97 Å². The molecule has 3 rings (SSSR count). The van der Waals surface area contributed by atoms with E-state index in [2.05, 4.69) is 39.7 Å². The van der Waals surface area contributed by atoms with Gasteiger partial charge in [-0.3, -0.25) is 4.79 Å². The molecule has 148 valence electrons. The molecule has 7 heteroatoms. The summed E-state index contributed by atoms with van der Waals surface area (Å²) in [7, 11) is 1.66. The second-order valence-corrected chi connectivity index (χ2v) is 7.77. The molecule has 2 heterocycles. The van der Waals surface area contributed by atoms with Gasteiger partial charge in [0, 0.05) is 12.6 Å². The molecule has 0 bridgehead atoms. The van der Waals surface area contributed by atoms with Crippen LogP contribution in [0, 0.1) is 6.92 Å². The lowest BCUT2D eigenvalue weighted by atomic mass is 10.1. The lowest BCUT2D eigenvalue weighted by Gasteiger charge is -2.10.